The summed E-state index contributed by atoms with van der Waals surface area (Å²) in [4.78, 5) is 18.5. The van der Waals surface area contributed by atoms with E-state index in [2.05, 4.69) is 35.3 Å². The topological polar surface area (TPSA) is 44.1 Å². The van der Waals surface area contributed by atoms with Gasteiger partial charge in [0.2, 0.25) is 0 Å². The number of nitrogens with zero attached hydrogens (tertiary/aromatic N) is 2. The Balaban J connectivity index is 1.46. The van der Waals surface area contributed by atoms with E-state index >= 15 is 0 Å². The Labute approximate surface area is 178 Å². The van der Waals surface area contributed by atoms with Crippen molar-refractivity contribution in [2.75, 3.05) is 6.61 Å². The zero-order chi connectivity index (χ0) is 20.5. The van der Waals surface area contributed by atoms with E-state index in [1.165, 1.54) is 16.7 Å². The molecule has 2 heterocycles. The van der Waals surface area contributed by atoms with Gasteiger partial charge in [0, 0.05) is 10.9 Å². The van der Waals surface area contributed by atoms with E-state index in [9.17, 15) is 4.79 Å². The largest absolute Gasteiger partial charge is 0.492 e. The van der Waals surface area contributed by atoms with Crippen LogP contribution < -0.4 is 10.3 Å². The Morgan fingerprint density at radius 3 is 2.73 bits per heavy atom. The van der Waals surface area contributed by atoms with E-state index in [1.54, 1.807) is 10.9 Å². The quantitative estimate of drug-likeness (QED) is 0.374. The van der Waals surface area contributed by atoms with Gasteiger partial charge in [0.1, 0.15) is 17.2 Å². The molecule has 0 fully saturated rings. The minimum atomic E-state index is -0.0303. The molecule has 0 amide bonds. The van der Waals surface area contributed by atoms with Crippen LogP contribution in [-0.4, -0.2) is 16.2 Å². The summed E-state index contributed by atoms with van der Waals surface area (Å²) >= 11 is 1.50. The van der Waals surface area contributed by atoms with E-state index < -0.39 is 0 Å². The average molecular weight is 413 g/mol. The third-order valence-electron chi connectivity index (χ3n) is 5.21. The van der Waals surface area contributed by atoms with Crippen molar-refractivity contribution in [2.24, 2.45) is 0 Å². The fourth-order valence-corrected chi connectivity index (χ4v) is 4.57. The third-order valence-corrected chi connectivity index (χ3v) is 6.10. The van der Waals surface area contributed by atoms with Gasteiger partial charge in [-0.15, -0.1) is 11.3 Å². The summed E-state index contributed by atoms with van der Waals surface area (Å²) in [6.07, 6.45) is 1.62. The second-order valence-corrected chi connectivity index (χ2v) is 8.16. The van der Waals surface area contributed by atoms with Gasteiger partial charge in [0.05, 0.1) is 18.3 Å². The lowest BCUT2D eigenvalue weighted by molar-refractivity contribution is 0.296. The molecule has 0 saturated carbocycles. The van der Waals surface area contributed by atoms with Gasteiger partial charge in [-0.1, -0.05) is 48.5 Å². The smallest absolute Gasteiger partial charge is 0.262 e. The van der Waals surface area contributed by atoms with E-state index in [0.717, 1.165) is 32.7 Å². The molecule has 0 N–H and O–H groups in total. The van der Waals surface area contributed by atoms with Crippen molar-refractivity contribution in [3.63, 3.8) is 0 Å². The summed E-state index contributed by atoms with van der Waals surface area (Å²) in [6, 6.07) is 22.4. The second kappa shape index (κ2) is 7.76. The molecule has 0 aliphatic rings. The molecule has 4 nitrogen and oxygen atoms in total. The summed E-state index contributed by atoms with van der Waals surface area (Å²) in [5, 5.41) is 5.04. The van der Waals surface area contributed by atoms with Crippen molar-refractivity contribution >= 4 is 32.3 Å². The Morgan fingerprint density at radius 1 is 1.00 bits per heavy atom. The molecule has 5 aromatic rings. The molecule has 0 unspecified atom stereocenters. The van der Waals surface area contributed by atoms with Gasteiger partial charge < -0.3 is 4.74 Å². The van der Waals surface area contributed by atoms with Crippen molar-refractivity contribution < 1.29 is 4.74 Å². The Hall–Kier alpha value is -3.44. The third kappa shape index (κ3) is 3.48. The first-order valence-corrected chi connectivity index (χ1v) is 10.7. The van der Waals surface area contributed by atoms with Gasteiger partial charge in [-0.05, 0) is 47.0 Å². The summed E-state index contributed by atoms with van der Waals surface area (Å²) in [7, 11) is 0. The van der Waals surface area contributed by atoms with Crippen LogP contribution in [0.1, 0.15) is 5.56 Å². The summed E-state index contributed by atoms with van der Waals surface area (Å²) in [5.74, 6) is 0.810. The lowest BCUT2D eigenvalue weighted by Crippen LogP contribution is -2.23. The van der Waals surface area contributed by atoms with E-state index in [0.29, 0.717) is 18.5 Å². The highest BCUT2D eigenvalue weighted by Crippen LogP contribution is 2.32. The molecule has 0 aliphatic heterocycles. The molecule has 0 bridgehead atoms. The highest BCUT2D eigenvalue weighted by Gasteiger charge is 2.13. The molecule has 0 saturated heterocycles. The van der Waals surface area contributed by atoms with Crippen LogP contribution in [0.25, 0.3) is 32.1 Å². The molecular formula is C25H20N2O2S. The van der Waals surface area contributed by atoms with E-state index in [1.807, 2.05) is 48.7 Å². The van der Waals surface area contributed by atoms with Crippen molar-refractivity contribution in [1.29, 1.82) is 0 Å². The van der Waals surface area contributed by atoms with Crippen molar-refractivity contribution in [3.8, 4) is 16.9 Å². The van der Waals surface area contributed by atoms with Crippen LogP contribution in [0, 0.1) is 6.92 Å². The highest BCUT2D eigenvalue weighted by atomic mass is 32.1. The standard InChI is InChI=1S/C25H20N2O2S/c1-17-5-4-8-21(13-17)29-12-11-27-16-26-24-23(25(27)28)22(15-30-24)20-10-9-18-6-2-3-7-19(18)14-20/h2-10,13-16H,11-12H2,1H3. The predicted octanol–water partition coefficient (Wildman–Crippen LogP) is 5.67. The molecule has 148 valence electrons. The zero-order valence-electron chi connectivity index (χ0n) is 16.5. The molecule has 30 heavy (non-hydrogen) atoms. The van der Waals surface area contributed by atoms with Gasteiger partial charge in [-0.2, -0.15) is 0 Å². The van der Waals surface area contributed by atoms with Crippen LogP contribution in [0.5, 0.6) is 5.75 Å². The molecule has 0 atom stereocenters. The van der Waals surface area contributed by atoms with Gasteiger partial charge in [-0.25, -0.2) is 4.98 Å². The number of benzene rings is 3. The minimum absolute atomic E-state index is 0.0303. The SMILES string of the molecule is Cc1cccc(OCCn2cnc3scc(-c4ccc5ccccc5c4)c3c2=O)c1. The maximum atomic E-state index is 13.2. The number of fused-ring (bicyclic) bond motifs is 2. The first-order chi connectivity index (χ1) is 14.7. The van der Waals surface area contributed by atoms with Crippen LogP contribution in [0.4, 0.5) is 0 Å². The summed E-state index contributed by atoms with van der Waals surface area (Å²) in [5.41, 5.74) is 3.09. The monoisotopic (exact) mass is 412 g/mol. The number of hydrogen-bond acceptors (Lipinski definition) is 4. The van der Waals surface area contributed by atoms with Crippen molar-refractivity contribution in [3.05, 3.63) is 94.4 Å². The van der Waals surface area contributed by atoms with Crippen LogP contribution in [0.3, 0.4) is 0 Å². The lowest BCUT2D eigenvalue weighted by Gasteiger charge is -2.09. The number of aryl methyl sites for hydroxylation is 1. The fourth-order valence-electron chi connectivity index (χ4n) is 3.66. The Kier molecular flexibility index (Phi) is 4.81. The molecule has 0 spiro atoms. The predicted molar refractivity (Wildman–Crippen MR) is 123 cm³/mol. The zero-order valence-corrected chi connectivity index (χ0v) is 17.4. The maximum absolute atomic E-state index is 13.2. The normalized spacial score (nSPS) is 11.2. The average Bonchev–Trinajstić information content (AvgIpc) is 3.20. The molecule has 2 aromatic heterocycles. The van der Waals surface area contributed by atoms with Crippen LogP contribution in [0.2, 0.25) is 0 Å². The van der Waals surface area contributed by atoms with Crippen LogP contribution in [0.15, 0.2) is 83.2 Å². The molecule has 0 aliphatic carbocycles. The van der Waals surface area contributed by atoms with Gasteiger partial charge in [-0.3, -0.25) is 9.36 Å². The van der Waals surface area contributed by atoms with Crippen molar-refractivity contribution in [1.82, 2.24) is 9.55 Å². The fraction of sp³-hybridized carbons (Fsp3) is 0.120. The number of ether oxygens (including phenoxy) is 1. The summed E-state index contributed by atoms with van der Waals surface area (Å²) < 4.78 is 7.45. The number of rotatable bonds is 5. The maximum Gasteiger partial charge on any atom is 0.262 e. The van der Waals surface area contributed by atoms with E-state index in [-0.39, 0.29) is 5.56 Å². The van der Waals surface area contributed by atoms with Gasteiger partial charge in [0.25, 0.3) is 5.56 Å². The molecule has 5 rings (SSSR count). The Bertz CT molecular complexity index is 1420. The number of aromatic nitrogens is 2. The lowest BCUT2D eigenvalue weighted by atomic mass is 10.0. The molecule has 0 radical (unpaired) electrons. The van der Waals surface area contributed by atoms with Gasteiger partial charge in [0.15, 0.2) is 0 Å². The first kappa shape index (κ1) is 18.6. The van der Waals surface area contributed by atoms with Crippen LogP contribution >= 0.6 is 11.3 Å². The Morgan fingerprint density at radius 2 is 1.87 bits per heavy atom. The second-order valence-electron chi connectivity index (χ2n) is 7.30. The highest BCUT2D eigenvalue weighted by molar-refractivity contribution is 7.17. The summed E-state index contributed by atoms with van der Waals surface area (Å²) in [6.45, 7) is 2.88. The van der Waals surface area contributed by atoms with Crippen molar-refractivity contribution in [2.45, 2.75) is 13.5 Å². The molecule has 5 heteroatoms. The molecular weight excluding hydrogens is 392 g/mol. The van der Waals surface area contributed by atoms with Gasteiger partial charge >= 0.3 is 0 Å². The minimum Gasteiger partial charge on any atom is -0.492 e. The number of hydrogen-bond donors (Lipinski definition) is 0. The van der Waals surface area contributed by atoms with E-state index in [4.69, 9.17) is 4.74 Å². The molecule has 3 aromatic carbocycles. The first-order valence-electron chi connectivity index (χ1n) is 9.84. The number of thiophene rings is 1. The van der Waals surface area contributed by atoms with Crippen LogP contribution in [-0.2, 0) is 6.54 Å².